The van der Waals surface area contributed by atoms with Crippen molar-refractivity contribution in [3.8, 4) is 17.2 Å². The summed E-state index contributed by atoms with van der Waals surface area (Å²) >= 11 is 0. The average Bonchev–Trinajstić information content (AvgIpc) is 3.16. The lowest BCUT2D eigenvalue weighted by Gasteiger charge is -2.15. The third-order valence-electron chi connectivity index (χ3n) is 5.03. The molecule has 1 unspecified atom stereocenters. The molecule has 2 heterocycles. The number of hydrogen-bond donors (Lipinski definition) is 2. The van der Waals surface area contributed by atoms with E-state index < -0.39 is 0 Å². The maximum absolute atomic E-state index is 12.5. The molecule has 2 N–H and O–H groups in total. The van der Waals surface area contributed by atoms with Gasteiger partial charge in [-0.1, -0.05) is 36.4 Å². The number of H-pyrrole nitrogens is 1. The van der Waals surface area contributed by atoms with Gasteiger partial charge in [0, 0.05) is 17.8 Å². The van der Waals surface area contributed by atoms with E-state index in [1.807, 2.05) is 61.7 Å². The average molecular weight is 380 g/mol. The van der Waals surface area contributed by atoms with Crippen molar-refractivity contribution >= 4 is 16.8 Å². The normalized spacial score (nSPS) is 11.7. The van der Waals surface area contributed by atoms with Crippen molar-refractivity contribution in [3.63, 3.8) is 0 Å². The van der Waals surface area contributed by atoms with E-state index in [4.69, 9.17) is 5.26 Å². The number of amides is 1. The third-order valence-corrected chi connectivity index (χ3v) is 5.03. The van der Waals surface area contributed by atoms with Crippen molar-refractivity contribution < 1.29 is 4.79 Å². The van der Waals surface area contributed by atoms with Crippen molar-refractivity contribution in [2.75, 3.05) is 0 Å². The lowest BCUT2D eigenvalue weighted by atomic mass is 10.00. The summed E-state index contributed by atoms with van der Waals surface area (Å²) in [6, 6.07) is 19.6. The number of rotatable bonds is 5. The van der Waals surface area contributed by atoms with Crippen LogP contribution in [0.15, 0.2) is 73.2 Å². The molecule has 29 heavy (non-hydrogen) atoms. The molecular weight excluding hydrogens is 360 g/mol. The SMILES string of the molecule is CC(NC(=O)Cc1c[nH]c2cnccc12)c1ccc(-c2cccc(C#N)c2)cc1. The van der Waals surface area contributed by atoms with E-state index in [1.165, 1.54) is 0 Å². The number of carbonyl (C=O) groups is 1. The maximum atomic E-state index is 12.5. The lowest BCUT2D eigenvalue weighted by molar-refractivity contribution is -0.121. The van der Waals surface area contributed by atoms with E-state index in [0.29, 0.717) is 12.0 Å². The van der Waals surface area contributed by atoms with Crippen molar-refractivity contribution in [2.24, 2.45) is 0 Å². The van der Waals surface area contributed by atoms with Gasteiger partial charge in [-0.2, -0.15) is 5.26 Å². The molecule has 0 radical (unpaired) electrons. The Bertz CT molecular complexity index is 1200. The van der Waals surface area contributed by atoms with E-state index >= 15 is 0 Å². The van der Waals surface area contributed by atoms with Gasteiger partial charge in [0.05, 0.1) is 35.8 Å². The van der Waals surface area contributed by atoms with E-state index in [9.17, 15) is 4.79 Å². The Morgan fingerprint density at radius 2 is 2.00 bits per heavy atom. The number of hydrogen-bond acceptors (Lipinski definition) is 3. The molecule has 0 aliphatic heterocycles. The van der Waals surface area contributed by atoms with Crippen LogP contribution in [0.5, 0.6) is 0 Å². The van der Waals surface area contributed by atoms with Crippen molar-refractivity contribution in [1.29, 1.82) is 5.26 Å². The second-order valence-electron chi connectivity index (χ2n) is 7.02. The quantitative estimate of drug-likeness (QED) is 0.534. The molecule has 1 amide bonds. The molecule has 1 atom stereocenters. The predicted molar refractivity (Wildman–Crippen MR) is 113 cm³/mol. The minimum absolute atomic E-state index is 0.0268. The highest BCUT2D eigenvalue weighted by atomic mass is 16.1. The Labute approximate surface area is 169 Å². The zero-order chi connectivity index (χ0) is 20.2. The zero-order valence-electron chi connectivity index (χ0n) is 16.0. The fraction of sp³-hybridized carbons (Fsp3) is 0.125. The van der Waals surface area contributed by atoms with Crippen LogP contribution in [-0.4, -0.2) is 15.9 Å². The van der Waals surface area contributed by atoms with Crippen molar-refractivity contribution in [3.05, 3.63) is 89.9 Å². The number of aromatic nitrogens is 2. The summed E-state index contributed by atoms with van der Waals surface area (Å²) in [6.07, 6.45) is 5.66. The number of benzene rings is 2. The molecule has 2 aromatic carbocycles. The molecule has 2 aromatic heterocycles. The minimum atomic E-state index is -0.103. The smallest absolute Gasteiger partial charge is 0.224 e. The topological polar surface area (TPSA) is 81.6 Å². The Kier molecular flexibility index (Phi) is 5.08. The van der Waals surface area contributed by atoms with Crippen LogP contribution in [0, 0.1) is 11.3 Å². The summed E-state index contributed by atoms with van der Waals surface area (Å²) in [6.45, 7) is 1.97. The Hall–Kier alpha value is -3.91. The standard InChI is InChI=1S/C24H20N4O/c1-16(28-24(29)12-21-14-27-23-15-26-10-9-22(21)23)18-5-7-19(8-6-18)20-4-2-3-17(11-20)13-25/h2-11,14-16,27H,12H2,1H3,(H,28,29). The van der Waals surface area contributed by atoms with Crippen LogP contribution >= 0.6 is 0 Å². The number of nitriles is 1. The van der Waals surface area contributed by atoms with Gasteiger partial charge in [-0.05, 0) is 47.4 Å². The Morgan fingerprint density at radius 1 is 1.17 bits per heavy atom. The highest BCUT2D eigenvalue weighted by molar-refractivity contribution is 5.88. The van der Waals surface area contributed by atoms with Gasteiger partial charge in [0.15, 0.2) is 0 Å². The van der Waals surface area contributed by atoms with Crippen LogP contribution in [0.4, 0.5) is 0 Å². The van der Waals surface area contributed by atoms with Crippen molar-refractivity contribution in [1.82, 2.24) is 15.3 Å². The van der Waals surface area contributed by atoms with Crippen LogP contribution in [0.2, 0.25) is 0 Å². The highest BCUT2D eigenvalue weighted by Gasteiger charge is 2.13. The molecule has 0 spiro atoms. The van der Waals surface area contributed by atoms with Gasteiger partial charge in [0.25, 0.3) is 0 Å². The number of carbonyl (C=O) groups excluding carboxylic acids is 1. The van der Waals surface area contributed by atoms with Crippen LogP contribution in [0.3, 0.4) is 0 Å². The van der Waals surface area contributed by atoms with Crippen LogP contribution in [-0.2, 0) is 11.2 Å². The molecule has 4 aromatic rings. The van der Waals surface area contributed by atoms with Gasteiger partial charge in [-0.15, -0.1) is 0 Å². The van der Waals surface area contributed by atoms with Crippen molar-refractivity contribution in [2.45, 2.75) is 19.4 Å². The Morgan fingerprint density at radius 3 is 2.79 bits per heavy atom. The highest BCUT2D eigenvalue weighted by Crippen LogP contribution is 2.23. The first kappa shape index (κ1) is 18.5. The molecule has 5 heteroatoms. The van der Waals surface area contributed by atoms with E-state index in [0.717, 1.165) is 33.2 Å². The predicted octanol–water partition coefficient (Wildman–Crippen LogP) is 4.52. The summed E-state index contributed by atoms with van der Waals surface area (Å²) in [5, 5.41) is 13.2. The third kappa shape index (κ3) is 4.02. The largest absolute Gasteiger partial charge is 0.360 e. The van der Waals surface area contributed by atoms with E-state index in [2.05, 4.69) is 21.4 Å². The summed E-state index contributed by atoms with van der Waals surface area (Å²) < 4.78 is 0. The van der Waals surface area contributed by atoms with Crippen LogP contribution in [0.1, 0.15) is 29.7 Å². The first-order chi connectivity index (χ1) is 14.1. The number of nitrogens with one attached hydrogen (secondary N) is 2. The summed E-state index contributed by atoms with van der Waals surface area (Å²) in [7, 11) is 0. The van der Waals surface area contributed by atoms with Gasteiger partial charge in [-0.25, -0.2) is 0 Å². The molecule has 4 rings (SSSR count). The van der Waals surface area contributed by atoms with Crippen LogP contribution in [0.25, 0.3) is 22.0 Å². The molecule has 0 saturated heterocycles. The fourth-order valence-corrected chi connectivity index (χ4v) is 3.46. The second-order valence-corrected chi connectivity index (χ2v) is 7.02. The maximum Gasteiger partial charge on any atom is 0.224 e. The summed E-state index contributed by atoms with van der Waals surface area (Å²) in [5.74, 6) is -0.0268. The summed E-state index contributed by atoms with van der Waals surface area (Å²) in [4.78, 5) is 19.8. The number of nitrogens with zero attached hydrogens (tertiary/aromatic N) is 2. The zero-order valence-corrected chi connectivity index (χ0v) is 16.0. The van der Waals surface area contributed by atoms with Gasteiger partial charge in [0.1, 0.15) is 0 Å². The molecule has 5 nitrogen and oxygen atoms in total. The molecule has 0 aliphatic rings. The van der Waals surface area contributed by atoms with Gasteiger partial charge >= 0.3 is 0 Å². The van der Waals surface area contributed by atoms with E-state index in [1.54, 1.807) is 18.5 Å². The molecule has 0 saturated carbocycles. The Balaban J connectivity index is 1.43. The second kappa shape index (κ2) is 7.99. The van der Waals surface area contributed by atoms with Gasteiger partial charge < -0.3 is 10.3 Å². The molecule has 142 valence electrons. The molecular formula is C24H20N4O. The fourth-order valence-electron chi connectivity index (χ4n) is 3.46. The van der Waals surface area contributed by atoms with Gasteiger partial charge in [0.2, 0.25) is 5.91 Å². The first-order valence-electron chi connectivity index (χ1n) is 9.44. The van der Waals surface area contributed by atoms with E-state index in [-0.39, 0.29) is 11.9 Å². The first-order valence-corrected chi connectivity index (χ1v) is 9.44. The van der Waals surface area contributed by atoms with Gasteiger partial charge in [-0.3, -0.25) is 9.78 Å². The lowest BCUT2D eigenvalue weighted by Crippen LogP contribution is -2.28. The monoisotopic (exact) mass is 380 g/mol. The molecule has 0 fully saturated rings. The number of pyridine rings is 1. The molecule has 0 bridgehead atoms. The van der Waals surface area contributed by atoms with Crippen LogP contribution < -0.4 is 5.32 Å². The number of aromatic amines is 1. The summed E-state index contributed by atoms with van der Waals surface area (Å²) in [5.41, 5.74) is 5.60. The number of fused-ring (bicyclic) bond motifs is 1. The molecule has 0 aliphatic carbocycles. The minimum Gasteiger partial charge on any atom is -0.360 e.